The number of halogens is 1. The highest BCUT2D eigenvalue weighted by Gasteiger charge is 2.29. The molecule has 1 aliphatic rings. The van der Waals surface area contributed by atoms with Gasteiger partial charge in [0.25, 0.3) is 0 Å². The van der Waals surface area contributed by atoms with E-state index in [2.05, 4.69) is 14.9 Å². The third-order valence-electron chi connectivity index (χ3n) is 4.60. The molecule has 23 heavy (non-hydrogen) atoms. The number of aliphatic hydroxyl groups is 1. The van der Waals surface area contributed by atoms with E-state index in [0.29, 0.717) is 6.42 Å². The van der Waals surface area contributed by atoms with Gasteiger partial charge in [-0.3, -0.25) is 0 Å². The second kappa shape index (κ2) is 6.62. The molecule has 0 amide bonds. The topological polar surface area (TPSA) is 49.2 Å². The molecule has 1 aliphatic heterocycles. The van der Waals surface area contributed by atoms with E-state index in [1.54, 1.807) is 12.1 Å². The molecule has 122 valence electrons. The quantitative estimate of drug-likeness (QED) is 0.940. The zero-order valence-corrected chi connectivity index (χ0v) is 13.5. The first-order chi connectivity index (χ1) is 11.0. The van der Waals surface area contributed by atoms with Crippen molar-refractivity contribution in [1.29, 1.82) is 0 Å². The maximum absolute atomic E-state index is 13.0. The van der Waals surface area contributed by atoms with Crippen LogP contribution >= 0.6 is 0 Å². The average molecular weight is 315 g/mol. The van der Waals surface area contributed by atoms with E-state index in [0.717, 1.165) is 42.2 Å². The molecule has 2 atom stereocenters. The van der Waals surface area contributed by atoms with Gasteiger partial charge in [0.15, 0.2) is 0 Å². The standard InChI is InChI=1S/C18H22FN3O/c1-12-11-20-18(21-13(12)2)22-9-3-4-16(22)10-17(23)14-5-7-15(19)8-6-14/h5-8,11,16-17,23H,3-4,9-10H2,1-2H3/t16-,17-/m1/s1. The molecule has 1 aromatic heterocycles. The molecule has 1 saturated heterocycles. The summed E-state index contributed by atoms with van der Waals surface area (Å²) in [7, 11) is 0. The van der Waals surface area contributed by atoms with E-state index in [4.69, 9.17) is 0 Å². The summed E-state index contributed by atoms with van der Waals surface area (Å²) in [4.78, 5) is 11.2. The van der Waals surface area contributed by atoms with Gasteiger partial charge in [-0.1, -0.05) is 12.1 Å². The summed E-state index contributed by atoms with van der Waals surface area (Å²) in [6, 6.07) is 6.27. The Kier molecular flexibility index (Phi) is 4.57. The van der Waals surface area contributed by atoms with Gasteiger partial charge in [0.1, 0.15) is 5.82 Å². The normalized spacial score (nSPS) is 19.1. The monoisotopic (exact) mass is 315 g/mol. The SMILES string of the molecule is Cc1cnc(N2CCC[C@@H]2C[C@@H](O)c2ccc(F)cc2)nc1C. The molecule has 0 bridgehead atoms. The lowest BCUT2D eigenvalue weighted by molar-refractivity contribution is 0.158. The van der Waals surface area contributed by atoms with Gasteiger partial charge in [-0.05, 0) is 56.4 Å². The average Bonchev–Trinajstić information content (AvgIpc) is 2.99. The van der Waals surface area contributed by atoms with Crippen LogP contribution in [0, 0.1) is 19.7 Å². The first kappa shape index (κ1) is 15.9. The van der Waals surface area contributed by atoms with Crippen molar-refractivity contribution in [2.24, 2.45) is 0 Å². The molecule has 0 aliphatic carbocycles. The zero-order chi connectivity index (χ0) is 16.4. The predicted octanol–water partition coefficient (Wildman–Crippen LogP) is 3.33. The van der Waals surface area contributed by atoms with Crippen LogP contribution < -0.4 is 4.90 Å². The smallest absolute Gasteiger partial charge is 0.225 e. The lowest BCUT2D eigenvalue weighted by Gasteiger charge is -2.27. The van der Waals surface area contributed by atoms with E-state index in [-0.39, 0.29) is 11.9 Å². The third-order valence-corrected chi connectivity index (χ3v) is 4.60. The Labute approximate surface area is 136 Å². The molecular weight excluding hydrogens is 293 g/mol. The second-order valence-corrected chi connectivity index (χ2v) is 6.23. The van der Waals surface area contributed by atoms with Gasteiger partial charge < -0.3 is 10.0 Å². The van der Waals surface area contributed by atoms with Crippen LogP contribution in [0.5, 0.6) is 0 Å². The number of benzene rings is 1. The summed E-state index contributed by atoms with van der Waals surface area (Å²) in [6.45, 7) is 4.89. The molecular formula is C18H22FN3O. The number of anilines is 1. The molecule has 5 heteroatoms. The van der Waals surface area contributed by atoms with Crippen LogP contribution in [0.1, 0.15) is 42.2 Å². The van der Waals surface area contributed by atoms with Gasteiger partial charge in [-0.15, -0.1) is 0 Å². The minimum atomic E-state index is -0.604. The molecule has 3 rings (SSSR count). The van der Waals surface area contributed by atoms with E-state index in [1.165, 1.54) is 12.1 Å². The van der Waals surface area contributed by atoms with Crippen molar-refractivity contribution in [2.75, 3.05) is 11.4 Å². The molecule has 4 nitrogen and oxygen atoms in total. The van der Waals surface area contributed by atoms with Crippen LogP contribution in [0.15, 0.2) is 30.5 Å². The number of hydrogen-bond donors (Lipinski definition) is 1. The minimum absolute atomic E-state index is 0.206. The Balaban J connectivity index is 1.73. The van der Waals surface area contributed by atoms with E-state index in [9.17, 15) is 9.50 Å². The molecule has 0 saturated carbocycles. The third kappa shape index (κ3) is 3.50. The molecule has 1 aromatic carbocycles. The summed E-state index contributed by atoms with van der Waals surface area (Å²) in [5.74, 6) is 0.453. The van der Waals surface area contributed by atoms with E-state index < -0.39 is 6.10 Å². The number of rotatable bonds is 4. The van der Waals surface area contributed by atoms with Gasteiger partial charge in [0.05, 0.1) is 6.10 Å². The fraction of sp³-hybridized carbons (Fsp3) is 0.444. The number of aromatic nitrogens is 2. The summed E-state index contributed by atoms with van der Waals surface area (Å²) < 4.78 is 13.0. The van der Waals surface area contributed by atoms with Gasteiger partial charge in [0.2, 0.25) is 5.95 Å². The predicted molar refractivity (Wildman–Crippen MR) is 87.9 cm³/mol. The minimum Gasteiger partial charge on any atom is -0.388 e. The number of aliphatic hydroxyl groups excluding tert-OH is 1. The largest absolute Gasteiger partial charge is 0.388 e. The zero-order valence-electron chi connectivity index (χ0n) is 13.5. The second-order valence-electron chi connectivity index (χ2n) is 6.23. The fourth-order valence-electron chi connectivity index (χ4n) is 3.08. The van der Waals surface area contributed by atoms with Crippen molar-refractivity contribution in [3.63, 3.8) is 0 Å². The maximum Gasteiger partial charge on any atom is 0.225 e. The summed E-state index contributed by atoms with van der Waals surface area (Å²) in [6.07, 6.45) is 3.92. The number of nitrogens with zero attached hydrogens (tertiary/aromatic N) is 3. The number of aryl methyl sites for hydroxylation is 2. The van der Waals surface area contributed by atoms with Crippen LogP contribution in [0.25, 0.3) is 0 Å². The molecule has 2 aromatic rings. The first-order valence-electron chi connectivity index (χ1n) is 8.05. The van der Waals surface area contributed by atoms with Crippen LogP contribution in [0.3, 0.4) is 0 Å². The Morgan fingerprint density at radius 3 is 2.74 bits per heavy atom. The van der Waals surface area contributed by atoms with Crippen LogP contribution in [-0.2, 0) is 0 Å². The molecule has 0 unspecified atom stereocenters. The Bertz CT molecular complexity index is 674. The van der Waals surface area contributed by atoms with Crippen LogP contribution in [0.2, 0.25) is 0 Å². The van der Waals surface area contributed by atoms with Crippen molar-refractivity contribution in [1.82, 2.24) is 9.97 Å². The lowest BCUT2D eigenvalue weighted by atomic mass is 10.0. The Hall–Kier alpha value is -2.01. The number of hydrogen-bond acceptors (Lipinski definition) is 4. The van der Waals surface area contributed by atoms with E-state index in [1.807, 2.05) is 20.0 Å². The van der Waals surface area contributed by atoms with Crippen molar-refractivity contribution in [2.45, 2.75) is 45.3 Å². The summed E-state index contributed by atoms with van der Waals surface area (Å²) in [5, 5.41) is 10.4. The van der Waals surface area contributed by atoms with Gasteiger partial charge >= 0.3 is 0 Å². The molecule has 0 radical (unpaired) electrons. The molecule has 1 N–H and O–H groups in total. The first-order valence-corrected chi connectivity index (χ1v) is 8.05. The van der Waals surface area contributed by atoms with Crippen LogP contribution in [0.4, 0.5) is 10.3 Å². The van der Waals surface area contributed by atoms with Crippen molar-refractivity contribution in [3.05, 3.63) is 53.1 Å². The van der Waals surface area contributed by atoms with Crippen molar-refractivity contribution in [3.8, 4) is 0 Å². The summed E-state index contributed by atoms with van der Waals surface area (Å²) >= 11 is 0. The Morgan fingerprint density at radius 2 is 2.04 bits per heavy atom. The maximum atomic E-state index is 13.0. The Morgan fingerprint density at radius 1 is 1.30 bits per heavy atom. The van der Waals surface area contributed by atoms with E-state index >= 15 is 0 Å². The highest BCUT2D eigenvalue weighted by atomic mass is 19.1. The molecule has 0 spiro atoms. The van der Waals surface area contributed by atoms with Gasteiger partial charge in [-0.25, -0.2) is 14.4 Å². The highest BCUT2D eigenvalue weighted by Crippen LogP contribution is 2.30. The van der Waals surface area contributed by atoms with Crippen molar-refractivity contribution >= 4 is 5.95 Å². The highest BCUT2D eigenvalue weighted by molar-refractivity contribution is 5.36. The summed E-state index contributed by atoms with van der Waals surface area (Å²) in [5.41, 5.74) is 2.81. The lowest BCUT2D eigenvalue weighted by Crippen LogP contribution is -2.32. The van der Waals surface area contributed by atoms with Crippen LogP contribution in [-0.4, -0.2) is 27.7 Å². The molecule has 2 heterocycles. The van der Waals surface area contributed by atoms with Gasteiger partial charge in [0, 0.05) is 24.5 Å². The molecule has 1 fully saturated rings. The van der Waals surface area contributed by atoms with Crippen molar-refractivity contribution < 1.29 is 9.50 Å². The van der Waals surface area contributed by atoms with Gasteiger partial charge in [-0.2, -0.15) is 0 Å². The fourth-order valence-corrected chi connectivity index (χ4v) is 3.08.